The molecule has 0 radical (unpaired) electrons. The van der Waals surface area contributed by atoms with Crippen LogP contribution in [0.4, 0.5) is 0 Å². The number of aromatic hydroxyl groups is 1. The Hall–Kier alpha value is -1.55. The van der Waals surface area contributed by atoms with Crippen molar-refractivity contribution in [1.29, 1.82) is 0 Å². The van der Waals surface area contributed by atoms with Gasteiger partial charge in [-0.1, -0.05) is 52.0 Å². The van der Waals surface area contributed by atoms with Crippen molar-refractivity contribution < 1.29 is 19.7 Å². The summed E-state index contributed by atoms with van der Waals surface area (Å²) < 4.78 is 5.43. The molecule has 0 aliphatic carbocycles. The number of ketones is 1. The molecule has 25 heavy (non-hydrogen) atoms. The standard InChI is InChI=1S/C21H34O4/c1-3-5-6-7-8-9-18(22)16-19(23)12-10-17-11-13-21(20(24)15-17)25-14-4-2/h11,13,15,18,22,24H,3-10,12,14,16H2,1-2H3. The molecule has 1 unspecified atom stereocenters. The third-order valence-corrected chi connectivity index (χ3v) is 4.28. The Balaban J connectivity index is 2.27. The van der Waals surface area contributed by atoms with Crippen molar-refractivity contribution in [3.05, 3.63) is 23.8 Å². The molecule has 0 saturated carbocycles. The van der Waals surface area contributed by atoms with Gasteiger partial charge >= 0.3 is 0 Å². The van der Waals surface area contributed by atoms with Gasteiger partial charge in [-0.05, 0) is 37.0 Å². The molecular formula is C21H34O4. The van der Waals surface area contributed by atoms with E-state index < -0.39 is 6.10 Å². The topological polar surface area (TPSA) is 66.8 Å². The molecule has 0 spiro atoms. The molecule has 0 heterocycles. The van der Waals surface area contributed by atoms with Gasteiger partial charge in [-0.15, -0.1) is 0 Å². The summed E-state index contributed by atoms with van der Waals surface area (Å²) >= 11 is 0. The highest BCUT2D eigenvalue weighted by atomic mass is 16.5. The monoisotopic (exact) mass is 350 g/mol. The Morgan fingerprint density at radius 1 is 1.12 bits per heavy atom. The van der Waals surface area contributed by atoms with Crippen LogP contribution in [0.2, 0.25) is 0 Å². The van der Waals surface area contributed by atoms with Gasteiger partial charge in [0.1, 0.15) is 5.78 Å². The van der Waals surface area contributed by atoms with Crippen molar-refractivity contribution in [2.24, 2.45) is 0 Å². The lowest BCUT2D eigenvalue weighted by molar-refractivity contribution is -0.121. The van der Waals surface area contributed by atoms with Crippen molar-refractivity contribution in [2.45, 2.75) is 84.2 Å². The molecule has 0 aliphatic heterocycles. The number of Topliss-reactive ketones (excluding diaryl/α,β-unsaturated/α-hetero) is 1. The quantitative estimate of drug-likeness (QED) is 0.473. The lowest BCUT2D eigenvalue weighted by Gasteiger charge is -2.10. The smallest absolute Gasteiger partial charge is 0.160 e. The fourth-order valence-corrected chi connectivity index (χ4v) is 2.79. The van der Waals surface area contributed by atoms with Crippen LogP contribution in [0.3, 0.4) is 0 Å². The van der Waals surface area contributed by atoms with Gasteiger partial charge in [0.15, 0.2) is 11.5 Å². The molecule has 2 N–H and O–H groups in total. The van der Waals surface area contributed by atoms with E-state index in [1.807, 2.05) is 13.0 Å². The molecule has 4 heteroatoms. The second-order valence-electron chi connectivity index (χ2n) is 6.75. The van der Waals surface area contributed by atoms with Gasteiger partial charge in [-0.2, -0.15) is 0 Å². The fourth-order valence-electron chi connectivity index (χ4n) is 2.79. The summed E-state index contributed by atoms with van der Waals surface area (Å²) in [4.78, 5) is 12.0. The van der Waals surface area contributed by atoms with Gasteiger partial charge in [0.25, 0.3) is 0 Å². The first-order chi connectivity index (χ1) is 12.1. The van der Waals surface area contributed by atoms with E-state index in [0.717, 1.165) is 24.8 Å². The molecule has 0 saturated heterocycles. The second-order valence-corrected chi connectivity index (χ2v) is 6.75. The Morgan fingerprint density at radius 2 is 1.88 bits per heavy atom. The summed E-state index contributed by atoms with van der Waals surface area (Å²) in [5.41, 5.74) is 0.906. The number of carbonyl (C=O) groups excluding carboxylic acids is 1. The van der Waals surface area contributed by atoms with E-state index in [4.69, 9.17) is 4.74 Å². The predicted molar refractivity (Wildman–Crippen MR) is 101 cm³/mol. The summed E-state index contributed by atoms with van der Waals surface area (Å²) in [6.07, 6.45) is 8.04. The third kappa shape index (κ3) is 9.49. The van der Waals surface area contributed by atoms with Gasteiger partial charge < -0.3 is 14.9 Å². The van der Waals surface area contributed by atoms with E-state index in [1.165, 1.54) is 19.3 Å². The summed E-state index contributed by atoms with van der Waals surface area (Å²) in [5, 5.41) is 19.9. The molecule has 1 rings (SSSR count). The first-order valence-corrected chi connectivity index (χ1v) is 9.71. The average molecular weight is 350 g/mol. The highest BCUT2D eigenvalue weighted by molar-refractivity contribution is 5.79. The number of aliphatic hydroxyl groups is 1. The number of carbonyl (C=O) groups is 1. The van der Waals surface area contributed by atoms with Crippen molar-refractivity contribution in [2.75, 3.05) is 6.61 Å². The van der Waals surface area contributed by atoms with Crippen LogP contribution in [0.1, 0.15) is 77.2 Å². The maximum Gasteiger partial charge on any atom is 0.160 e. The number of unbranched alkanes of at least 4 members (excludes halogenated alkanes) is 4. The van der Waals surface area contributed by atoms with E-state index in [0.29, 0.717) is 31.6 Å². The number of rotatable bonds is 14. The number of hydrogen-bond donors (Lipinski definition) is 2. The Kier molecular flexibility index (Phi) is 11.0. The maximum absolute atomic E-state index is 12.0. The number of aryl methyl sites for hydroxylation is 1. The fraction of sp³-hybridized carbons (Fsp3) is 0.667. The number of aliphatic hydroxyl groups excluding tert-OH is 1. The Morgan fingerprint density at radius 3 is 2.56 bits per heavy atom. The van der Waals surface area contributed by atoms with Crippen molar-refractivity contribution in [1.82, 2.24) is 0 Å². The summed E-state index contributed by atoms with van der Waals surface area (Å²) in [6.45, 7) is 4.76. The van der Waals surface area contributed by atoms with E-state index in [2.05, 4.69) is 6.92 Å². The minimum absolute atomic E-state index is 0.0758. The van der Waals surface area contributed by atoms with Gasteiger partial charge in [0.05, 0.1) is 12.7 Å². The van der Waals surface area contributed by atoms with Crippen molar-refractivity contribution in [3.8, 4) is 11.5 Å². The minimum atomic E-state index is -0.521. The van der Waals surface area contributed by atoms with Gasteiger partial charge in [0, 0.05) is 12.8 Å². The number of phenolic OH excluding ortho intramolecular Hbond substituents is 1. The van der Waals surface area contributed by atoms with Crippen LogP contribution in [0.5, 0.6) is 11.5 Å². The molecule has 1 aromatic rings. The lowest BCUT2D eigenvalue weighted by Crippen LogP contribution is -2.14. The second kappa shape index (κ2) is 12.8. The van der Waals surface area contributed by atoms with Crippen LogP contribution in [0, 0.1) is 0 Å². The summed E-state index contributed by atoms with van der Waals surface area (Å²) in [5.74, 6) is 0.674. The molecular weight excluding hydrogens is 316 g/mol. The zero-order valence-corrected chi connectivity index (χ0v) is 15.8. The van der Waals surface area contributed by atoms with E-state index >= 15 is 0 Å². The molecule has 4 nitrogen and oxygen atoms in total. The van der Waals surface area contributed by atoms with E-state index in [9.17, 15) is 15.0 Å². The van der Waals surface area contributed by atoms with Gasteiger partial charge in [-0.25, -0.2) is 0 Å². The minimum Gasteiger partial charge on any atom is -0.504 e. The number of benzene rings is 1. The molecule has 0 amide bonds. The van der Waals surface area contributed by atoms with Crippen molar-refractivity contribution in [3.63, 3.8) is 0 Å². The van der Waals surface area contributed by atoms with Gasteiger partial charge in [-0.3, -0.25) is 4.79 Å². The molecule has 0 aliphatic rings. The highest BCUT2D eigenvalue weighted by Gasteiger charge is 2.11. The zero-order chi connectivity index (χ0) is 18.5. The molecule has 142 valence electrons. The maximum atomic E-state index is 12.0. The largest absolute Gasteiger partial charge is 0.504 e. The summed E-state index contributed by atoms with van der Waals surface area (Å²) in [7, 11) is 0. The predicted octanol–water partition coefficient (Wildman–Crippen LogP) is 4.79. The lowest BCUT2D eigenvalue weighted by atomic mass is 10.0. The van der Waals surface area contributed by atoms with Gasteiger partial charge in [0.2, 0.25) is 0 Å². The first-order valence-electron chi connectivity index (χ1n) is 9.71. The molecule has 0 bridgehead atoms. The van der Waals surface area contributed by atoms with E-state index in [-0.39, 0.29) is 18.0 Å². The first kappa shape index (κ1) is 21.5. The number of hydrogen-bond acceptors (Lipinski definition) is 4. The normalized spacial score (nSPS) is 12.1. The van der Waals surface area contributed by atoms with E-state index in [1.54, 1.807) is 12.1 Å². The average Bonchev–Trinajstić information content (AvgIpc) is 2.59. The van der Waals surface area contributed by atoms with Crippen LogP contribution in [-0.2, 0) is 11.2 Å². The molecule has 0 fully saturated rings. The SMILES string of the molecule is CCCCCCCC(O)CC(=O)CCc1ccc(OCCC)c(O)c1. The third-order valence-electron chi connectivity index (χ3n) is 4.28. The Labute approximate surface area is 152 Å². The highest BCUT2D eigenvalue weighted by Crippen LogP contribution is 2.27. The van der Waals surface area contributed by atoms with Crippen LogP contribution in [-0.4, -0.2) is 28.7 Å². The molecule has 1 atom stereocenters. The van der Waals surface area contributed by atoms with Crippen LogP contribution in [0.25, 0.3) is 0 Å². The number of phenols is 1. The Bertz CT molecular complexity index is 499. The van der Waals surface area contributed by atoms with Crippen LogP contribution < -0.4 is 4.74 Å². The van der Waals surface area contributed by atoms with Crippen LogP contribution >= 0.6 is 0 Å². The number of ether oxygens (including phenoxy) is 1. The molecule has 1 aromatic carbocycles. The van der Waals surface area contributed by atoms with Crippen LogP contribution in [0.15, 0.2) is 18.2 Å². The van der Waals surface area contributed by atoms with Crippen molar-refractivity contribution >= 4 is 5.78 Å². The molecule has 0 aromatic heterocycles. The summed E-state index contributed by atoms with van der Waals surface area (Å²) in [6, 6.07) is 5.28. The zero-order valence-electron chi connectivity index (χ0n) is 15.8.